The number of ether oxygens (including phenoxy) is 1. The van der Waals surface area contributed by atoms with Gasteiger partial charge in [-0.2, -0.15) is 0 Å². The van der Waals surface area contributed by atoms with Crippen LogP contribution in [0.25, 0.3) is 11.1 Å². The Labute approximate surface area is 208 Å². The second kappa shape index (κ2) is 11.0. The van der Waals surface area contributed by atoms with E-state index < -0.39 is 5.41 Å². The number of esters is 1. The molecule has 0 radical (unpaired) electrons. The van der Waals surface area contributed by atoms with Crippen LogP contribution in [0, 0.1) is 5.41 Å². The maximum Gasteiger partial charge on any atom is 0.316 e. The molecule has 2 nitrogen and oxygen atoms in total. The summed E-state index contributed by atoms with van der Waals surface area (Å²) in [5.74, 6) is 0.937. The van der Waals surface area contributed by atoms with Crippen LogP contribution in [0.5, 0.6) is 5.75 Å². The molecular weight excluding hydrogens is 435 g/mol. The lowest BCUT2D eigenvalue weighted by atomic mass is 9.79. The molecule has 0 bridgehead atoms. The highest BCUT2D eigenvalue weighted by molar-refractivity contribution is 5.98. The zero-order valence-electron chi connectivity index (χ0n) is 21.0. The molecule has 1 fully saturated rings. The van der Waals surface area contributed by atoms with Crippen molar-refractivity contribution in [3.05, 3.63) is 101 Å². The van der Waals surface area contributed by atoms with Gasteiger partial charge in [-0.05, 0) is 97.9 Å². The topological polar surface area (TPSA) is 26.3 Å². The number of hydrogen-bond donors (Lipinski definition) is 0. The first-order chi connectivity index (χ1) is 16.9. The molecule has 0 aliphatic heterocycles. The largest absolute Gasteiger partial charge is 0.426 e. The van der Waals surface area contributed by atoms with Crippen LogP contribution >= 0.6 is 0 Å². The van der Waals surface area contributed by atoms with Gasteiger partial charge in [0.2, 0.25) is 0 Å². The number of benzene rings is 3. The van der Waals surface area contributed by atoms with Crippen LogP contribution in [0.1, 0.15) is 81.0 Å². The van der Waals surface area contributed by atoms with Crippen molar-refractivity contribution < 1.29 is 13.9 Å². The molecule has 0 atom stereocenters. The maximum atomic E-state index is 13.3. The summed E-state index contributed by atoms with van der Waals surface area (Å²) in [6.07, 6.45) is 4.95. The van der Waals surface area contributed by atoms with E-state index >= 15 is 0 Å². The Morgan fingerprint density at radius 3 is 1.97 bits per heavy atom. The number of halogens is 1. The Balaban J connectivity index is 1.77. The van der Waals surface area contributed by atoms with Crippen molar-refractivity contribution >= 4 is 17.1 Å². The van der Waals surface area contributed by atoms with E-state index in [2.05, 4.69) is 36.4 Å². The molecular formula is C32H35FO2. The molecule has 0 aromatic heterocycles. The average Bonchev–Trinajstić information content (AvgIpc) is 2.82. The van der Waals surface area contributed by atoms with Crippen molar-refractivity contribution in [2.45, 2.75) is 58.8 Å². The monoisotopic (exact) mass is 470 g/mol. The number of carbonyl (C=O) groups is 1. The second-order valence-electron chi connectivity index (χ2n) is 10.4. The minimum Gasteiger partial charge on any atom is -0.426 e. The third-order valence-electron chi connectivity index (χ3n) is 6.73. The minimum absolute atomic E-state index is 0.263. The molecule has 182 valence electrons. The van der Waals surface area contributed by atoms with Crippen molar-refractivity contribution in [3.63, 3.8) is 0 Å². The Morgan fingerprint density at radius 1 is 0.857 bits per heavy atom. The van der Waals surface area contributed by atoms with Gasteiger partial charge in [-0.3, -0.25) is 9.18 Å². The van der Waals surface area contributed by atoms with E-state index in [1.165, 1.54) is 24.8 Å². The predicted octanol–water partition coefficient (Wildman–Crippen LogP) is 8.61. The molecule has 3 aromatic carbocycles. The van der Waals surface area contributed by atoms with E-state index in [4.69, 9.17) is 4.74 Å². The summed E-state index contributed by atoms with van der Waals surface area (Å²) in [6.45, 7) is 5.17. The predicted molar refractivity (Wildman–Crippen MR) is 142 cm³/mol. The van der Waals surface area contributed by atoms with Crippen molar-refractivity contribution in [2.24, 2.45) is 5.41 Å². The highest BCUT2D eigenvalue weighted by atomic mass is 19.1. The first kappa shape index (κ1) is 24.9. The van der Waals surface area contributed by atoms with Crippen LogP contribution in [-0.4, -0.2) is 12.6 Å². The molecule has 4 rings (SSSR count). The van der Waals surface area contributed by atoms with Gasteiger partial charge in [-0.15, -0.1) is 0 Å². The van der Waals surface area contributed by atoms with Gasteiger partial charge in [0.25, 0.3) is 0 Å². The molecule has 1 aliphatic rings. The first-order valence-corrected chi connectivity index (χ1v) is 12.6. The summed E-state index contributed by atoms with van der Waals surface area (Å²) < 4.78 is 18.9. The van der Waals surface area contributed by atoms with Gasteiger partial charge in [0, 0.05) is 0 Å². The minimum atomic E-state index is -0.571. The first-order valence-electron chi connectivity index (χ1n) is 12.6. The Morgan fingerprint density at radius 2 is 1.46 bits per heavy atom. The van der Waals surface area contributed by atoms with Crippen molar-refractivity contribution in [2.75, 3.05) is 6.67 Å². The third kappa shape index (κ3) is 6.08. The highest BCUT2D eigenvalue weighted by Gasteiger charge is 2.24. The van der Waals surface area contributed by atoms with Crippen LogP contribution in [0.4, 0.5) is 4.39 Å². The van der Waals surface area contributed by atoms with E-state index in [1.54, 1.807) is 0 Å². The van der Waals surface area contributed by atoms with Crippen LogP contribution in [-0.2, 0) is 4.79 Å². The van der Waals surface area contributed by atoms with E-state index in [9.17, 15) is 9.18 Å². The molecule has 0 saturated heterocycles. The van der Waals surface area contributed by atoms with Crippen molar-refractivity contribution in [1.29, 1.82) is 0 Å². The lowest BCUT2D eigenvalue weighted by molar-refractivity contribution is -0.142. The fourth-order valence-corrected chi connectivity index (χ4v) is 4.43. The number of carbonyl (C=O) groups excluding carboxylic acids is 1. The zero-order chi connectivity index (χ0) is 24.8. The van der Waals surface area contributed by atoms with Crippen molar-refractivity contribution in [1.82, 2.24) is 0 Å². The number of alkyl halides is 1. The summed E-state index contributed by atoms with van der Waals surface area (Å²) in [5, 5.41) is 0. The molecule has 35 heavy (non-hydrogen) atoms. The quantitative estimate of drug-likeness (QED) is 0.187. The standard InChI is InChI=1S/C32H35FO2/c1-32(2,3)31(34)35-28-20-18-27(19-21-28)30(26-16-14-24(15-17-26)23-11-7-12-23)29(13-8-22-33)25-9-5-4-6-10-25/h4-6,9-10,14-21,23H,7-8,11-13,22H2,1-3H3/b30-29+. The van der Waals surface area contributed by atoms with Gasteiger partial charge in [-0.1, -0.05) is 73.2 Å². The Kier molecular flexibility index (Phi) is 7.85. The summed E-state index contributed by atoms with van der Waals surface area (Å²) >= 11 is 0. The lowest BCUT2D eigenvalue weighted by Gasteiger charge is -2.26. The molecule has 1 aliphatic carbocycles. The summed E-state index contributed by atoms with van der Waals surface area (Å²) in [7, 11) is 0. The van der Waals surface area contributed by atoms with Crippen molar-refractivity contribution in [3.8, 4) is 5.75 Å². The van der Waals surface area contributed by atoms with Gasteiger partial charge < -0.3 is 4.74 Å². The Hall–Kier alpha value is -3.20. The number of allylic oxidation sites excluding steroid dienone is 1. The van der Waals surface area contributed by atoms with Gasteiger partial charge in [0.1, 0.15) is 5.75 Å². The molecule has 3 aromatic rings. The fourth-order valence-electron chi connectivity index (χ4n) is 4.43. The summed E-state index contributed by atoms with van der Waals surface area (Å²) in [4.78, 5) is 12.3. The van der Waals surface area contributed by atoms with Crippen LogP contribution in [0.3, 0.4) is 0 Å². The zero-order valence-corrected chi connectivity index (χ0v) is 21.0. The average molecular weight is 471 g/mol. The summed E-state index contributed by atoms with van der Waals surface area (Å²) in [6, 6.07) is 26.8. The highest BCUT2D eigenvalue weighted by Crippen LogP contribution is 2.39. The fraction of sp³-hybridized carbons (Fsp3) is 0.344. The van der Waals surface area contributed by atoms with Gasteiger partial charge in [0.15, 0.2) is 0 Å². The van der Waals surface area contributed by atoms with Crippen LogP contribution in [0.2, 0.25) is 0 Å². The molecule has 0 spiro atoms. The molecule has 1 saturated carbocycles. The van der Waals surface area contributed by atoms with E-state index in [1.807, 2.05) is 63.2 Å². The SMILES string of the molecule is CC(C)(C)C(=O)Oc1ccc(/C(=C(\CCCF)c2ccccc2)c2ccc(C3CCC3)cc2)cc1. The number of rotatable bonds is 8. The van der Waals surface area contributed by atoms with E-state index in [0.717, 1.165) is 27.8 Å². The lowest BCUT2D eigenvalue weighted by Crippen LogP contribution is -2.25. The van der Waals surface area contributed by atoms with Crippen LogP contribution in [0.15, 0.2) is 78.9 Å². The van der Waals surface area contributed by atoms with E-state index in [0.29, 0.717) is 24.5 Å². The van der Waals surface area contributed by atoms with Gasteiger partial charge >= 0.3 is 5.97 Å². The van der Waals surface area contributed by atoms with Gasteiger partial charge in [-0.25, -0.2) is 0 Å². The van der Waals surface area contributed by atoms with E-state index in [-0.39, 0.29) is 12.6 Å². The second-order valence-corrected chi connectivity index (χ2v) is 10.4. The molecule has 0 heterocycles. The molecule has 3 heteroatoms. The summed E-state index contributed by atoms with van der Waals surface area (Å²) in [5.41, 5.74) is 6.28. The molecule has 0 amide bonds. The normalized spacial score (nSPS) is 14.7. The third-order valence-corrected chi connectivity index (χ3v) is 6.73. The Bertz CT molecular complexity index is 1150. The smallest absolute Gasteiger partial charge is 0.316 e. The molecule has 0 N–H and O–H groups in total. The maximum absolute atomic E-state index is 13.3. The van der Waals surface area contributed by atoms with Gasteiger partial charge in [0.05, 0.1) is 12.1 Å². The molecule has 0 unspecified atom stereocenters. The van der Waals surface area contributed by atoms with Crippen LogP contribution < -0.4 is 4.74 Å². The number of hydrogen-bond acceptors (Lipinski definition) is 2.